The molecule has 0 aliphatic heterocycles. The van der Waals surface area contributed by atoms with Gasteiger partial charge in [-0.15, -0.1) is 0 Å². The Kier molecular flexibility index (Phi) is 5.10. The van der Waals surface area contributed by atoms with Gasteiger partial charge in [0, 0.05) is 6.04 Å². The number of carbonyl (C=O) groups excluding carboxylic acids is 1. The van der Waals surface area contributed by atoms with Crippen molar-refractivity contribution in [1.29, 1.82) is 0 Å². The molecule has 0 saturated heterocycles. The highest BCUT2D eigenvalue weighted by Crippen LogP contribution is 2.39. The third-order valence-electron chi connectivity index (χ3n) is 3.84. The SMILES string of the molecule is C=CC(=O)NC1CCCCC(C)([B]C)CC1. The topological polar surface area (TPSA) is 29.1 Å². The van der Waals surface area contributed by atoms with E-state index in [1.807, 2.05) is 0 Å². The summed E-state index contributed by atoms with van der Waals surface area (Å²) in [6.45, 7) is 7.97. The predicted octanol–water partition coefficient (Wildman–Crippen LogP) is 2.94. The highest BCUT2D eigenvalue weighted by Gasteiger charge is 2.26. The second-order valence-corrected chi connectivity index (χ2v) is 5.14. The second kappa shape index (κ2) is 6.12. The van der Waals surface area contributed by atoms with E-state index in [1.54, 1.807) is 0 Å². The smallest absolute Gasteiger partial charge is 0.243 e. The summed E-state index contributed by atoms with van der Waals surface area (Å²) >= 11 is 0. The van der Waals surface area contributed by atoms with Crippen molar-refractivity contribution in [3.8, 4) is 0 Å². The highest BCUT2D eigenvalue weighted by atomic mass is 16.1. The van der Waals surface area contributed by atoms with Crippen LogP contribution in [0.25, 0.3) is 0 Å². The third kappa shape index (κ3) is 4.03. The molecule has 1 aliphatic carbocycles. The minimum atomic E-state index is -0.0345. The summed E-state index contributed by atoms with van der Waals surface area (Å²) in [5.41, 5.74) is 0. The first kappa shape index (κ1) is 13.3. The fourth-order valence-corrected chi connectivity index (χ4v) is 2.39. The summed E-state index contributed by atoms with van der Waals surface area (Å²) in [5, 5.41) is 3.39. The molecule has 3 heteroatoms. The van der Waals surface area contributed by atoms with Crippen LogP contribution in [0.15, 0.2) is 12.7 Å². The maximum Gasteiger partial charge on any atom is 0.243 e. The fraction of sp³-hybridized carbons (Fsp3) is 0.769. The van der Waals surface area contributed by atoms with Crippen LogP contribution in [0, 0.1) is 0 Å². The van der Waals surface area contributed by atoms with Crippen molar-refractivity contribution in [2.45, 2.75) is 63.6 Å². The summed E-state index contributed by atoms with van der Waals surface area (Å²) in [4.78, 5) is 11.3. The van der Waals surface area contributed by atoms with Crippen LogP contribution >= 0.6 is 0 Å². The quantitative estimate of drug-likeness (QED) is 0.575. The largest absolute Gasteiger partial charge is 0.350 e. The first-order valence-electron chi connectivity index (χ1n) is 6.33. The maximum atomic E-state index is 11.3. The standard InChI is InChI=1S/C13H23BNO/c1-4-12(16)15-11-7-5-6-9-13(2,14-3)10-8-11/h4,11H,1,5-10H2,2-3H3,(H,15,16). The van der Waals surface area contributed by atoms with E-state index in [4.69, 9.17) is 0 Å². The van der Waals surface area contributed by atoms with Crippen LogP contribution in [0.1, 0.15) is 45.4 Å². The molecule has 0 heterocycles. The van der Waals surface area contributed by atoms with Gasteiger partial charge >= 0.3 is 0 Å². The molecular formula is C13H23BNO. The lowest BCUT2D eigenvalue weighted by atomic mass is 9.50. The van der Waals surface area contributed by atoms with E-state index in [0.717, 1.165) is 12.8 Å². The minimum absolute atomic E-state index is 0.0345. The molecule has 1 saturated carbocycles. The van der Waals surface area contributed by atoms with Gasteiger partial charge in [0.05, 0.1) is 0 Å². The molecule has 1 aliphatic rings. The molecule has 1 radical (unpaired) electrons. The van der Waals surface area contributed by atoms with Crippen molar-refractivity contribution < 1.29 is 4.79 Å². The van der Waals surface area contributed by atoms with E-state index in [9.17, 15) is 4.79 Å². The van der Waals surface area contributed by atoms with E-state index in [0.29, 0.717) is 11.4 Å². The third-order valence-corrected chi connectivity index (χ3v) is 3.84. The minimum Gasteiger partial charge on any atom is -0.350 e. The Bertz CT molecular complexity index is 254. The number of rotatable bonds is 3. The van der Waals surface area contributed by atoms with Gasteiger partial charge in [0.15, 0.2) is 0 Å². The van der Waals surface area contributed by atoms with Gasteiger partial charge in [-0.05, 0) is 18.9 Å². The average molecular weight is 220 g/mol. The average Bonchev–Trinajstić information content (AvgIpc) is 2.28. The molecule has 16 heavy (non-hydrogen) atoms. The molecule has 89 valence electrons. The molecule has 0 aromatic carbocycles. The molecular weight excluding hydrogens is 197 g/mol. The lowest BCUT2D eigenvalue weighted by Gasteiger charge is -2.33. The van der Waals surface area contributed by atoms with Crippen LogP contribution in [-0.4, -0.2) is 19.2 Å². The van der Waals surface area contributed by atoms with Crippen molar-refractivity contribution in [3.05, 3.63) is 12.7 Å². The number of amides is 1. The van der Waals surface area contributed by atoms with Crippen LogP contribution in [0.4, 0.5) is 0 Å². The zero-order chi connectivity index (χ0) is 12.0. The molecule has 1 fully saturated rings. The van der Waals surface area contributed by atoms with Gasteiger partial charge in [0.25, 0.3) is 0 Å². The molecule has 2 nitrogen and oxygen atoms in total. The Balaban J connectivity index is 2.49. The first-order valence-corrected chi connectivity index (χ1v) is 6.33. The van der Waals surface area contributed by atoms with Crippen LogP contribution in [0.3, 0.4) is 0 Å². The monoisotopic (exact) mass is 220 g/mol. The summed E-state index contributed by atoms with van der Waals surface area (Å²) in [6.07, 6.45) is 8.49. The van der Waals surface area contributed by atoms with Crippen molar-refractivity contribution in [3.63, 3.8) is 0 Å². The predicted molar refractivity (Wildman–Crippen MR) is 69.8 cm³/mol. The van der Waals surface area contributed by atoms with Gasteiger partial charge in [0.1, 0.15) is 7.28 Å². The molecule has 2 unspecified atom stereocenters. The lowest BCUT2D eigenvalue weighted by Crippen LogP contribution is -2.35. The van der Waals surface area contributed by atoms with Gasteiger partial charge in [0.2, 0.25) is 5.91 Å². The van der Waals surface area contributed by atoms with E-state index in [-0.39, 0.29) is 5.91 Å². The Morgan fingerprint density at radius 1 is 1.44 bits per heavy atom. The number of hydrogen-bond acceptors (Lipinski definition) is 1. The Morgan fingerprint density at radius 3 is 2.81 bits per heavy atom. The van der Waals surface area contributed by atoms with Crippen molar-refractivity contribution in [2.75, 3.05) is 0 Å². The molecule has 1 amide bonds. The van der Waals surface area contributed by atoms with E-state index in [2.05, 4.69) is 32.9 Å². The van der Waals surface area contributed by atoms with Crippen molar-refractivity contribution in [1.82, 2.24) is 5.32 Å². The lowest BCUT2D eigenvalue weighted by molar-refractivity contribution is -0.117. The highest BCUT2D eigenvalue weighted by molar-refractivity contribution is 6.38. The Labute approximate surface area is 100 Å². The van der Waals surface area contributed by atoms with Crippen molar-refractivity contribution >= 4 is 13.2 Å². The van der Waals surface area contributed by atoms with Gasteiger partial charge < -0.3 is 5.32 Å². The normalized spacial score (nSPS) is 31.0. The van der Waals surface area contributed by atoms with E-state index >= 15 is 0 Å². The summed E-state index contributed by atoms with van der Waals surface area (Å²) < 4.78 is 0. The second-order valence-electron chi connectivity index (χ2n) is 5.14. The summed E-state index contributed by atoms with van der Waals surface area (Å²) in [7, 11) is 2.32. The Hall–Kier alpha value is -0.725. The maximum absolute atomic E-state index is 11.3. The fourth-order valence-electron chi connectivity index (χ4n) is 2.39. The molecule has 0 aromatic rings. The first-order chi connectivity index (χ1) is 7.59. The molecule has 2 atom stereocenters. The van der Waals surface area contributed by atoms with Crippen LogP contribution in [-0.2, 0) is 4.79 Å². The van der Waals surface area contributed by atoms with E-state index in [1.165, 1.54) is 31.8 Å². The Morgan fingerprint density at radius 2 is 2.19 bits per heavy atom. The zero-order valence-corrected chi connectivity index (χ0v) is 10.6. The molecule has 1 N–H and O–H groups in total. The van der Waals surface area contributed by atoms with Crippen LogP contribution < -0.4 is 5.32 Å². The summed E-state index contributed by atoms with van der Waals surface area (Å²) in [5.74, 6) is -0.0345. The van der Waals surface area contributed by atoms with Crippen LogP contribution in [0.5, 0.6) is 0 Å². The number of hydrogen-bond donors (Lipinski definition) is 1. The number of nitrogens with one attached hydrogen (secondary N) is 1. The van der Waals surface area contributed by atoms with Gasteiger partial charge in [-0.3, -0.25) is 4.79 Å². The zero-order valence-electron chi connectivity index (χ0n) is 10.6. The van der Waals surface area contributed by atoms with Crippen LogP contribution in [0.2, 0.25) is 12.1 Å². The molecule has 0 bridgehead atoms. The number of carbonyl (C=O) groups is 1. The molecule has 0 aromatic heterocycles. The van der Waals surface area contributed by atoms with Crippen molar-refractivity contribution in [2.24, 2.45) is 0 Å². The molecule has 1 rings (SSSR count). The van der Waals surface area contributed by atoms with Gasteiger partial charge in [-0.2, -0.15) is 0 Å². The van der Waals surface area contributed by atoms with Gasteiger partial charge in [-0.1, -0.05) is 51.3 Å². The summed E-state index contributed by atoms with van der Waals surface area (Å²) in [6, 6.07) is 0.338. The van der Waals surface area contributed by atoms with Gasteiger partial charge in [-0.25, -0.2) is 0 Å². The van der Waals surface area contributed by atoms with E-state index < -0.39 is 0 Å². The molecule has 0 spiro atoms.